The number of benzene rings is 4. The molecule has 4 heteroatoms. The summed E-state index contributed by atoms with van der Waals surface area (Å²) in [5, 5.41) is 4.57. The molecule has 0 amide bonds. The molecule has 0 aliphatic rings. The number of methoxy groups -OCH3 is 2. The summed E-state index contributed by atoms with van der Waals surface area (Å²) in [5.41, 5.74) is 3.38. The zero-order valence-corrected chi connectivity index (χ0v) is 14.5. The predicted octanol–water partition coefficient (Wildman–Crippen LogP) is 5.11. The van der Waals surface area contributed by atoms with Crippen LogP contribution in [0.1, 0.15) is 0 Å². The van der Waals surface area contributed by atoms with E-state index in [2.05, 4.69) is 36.4 Å². The summed E-state index contributed by atoms with van der Waals surface area (Å²) in [6.45, 7) is 0. The van der Waals surface area contributed by atoms with Gasteiger partial charge in [-0.1, -0.05) is 48.5 Å². The maximum atomic E-state index is 5.42. The maximum absolute atomic E-state index is 5.42. The van der Waals surface area contributed by atoms with E-state index in [4.69, 9.17) is 19.4 Å². The second kappa shape index (κ2) is 5.56. The summed E-state index contributed by atoms with van der Waals surface area (Å²) in [6, 6.07) is 20.4. The van der Waals surface area contributed by atoms with Gasteiger partial charge in [0.25, 0.3) is 0 Å². The van der Waals surface area contributed by atoms with Crippen LogP contribution in [0.15, 0.2) is 60.7 Å². The number of fused-ring (bicyclic) bond motifs is 7. The second-order valence-corrected chi connectivity index (χ2v) is 6.21. The first-order valence-corrected chi connectivity index (χ1v) is 8.43. The van der Waals surface area contributed by atoms with Crippen molar-refractivity contribution in [2.75, 3.05) is 14.2 Å². The van der Waals surface area contributed by atoms with E-state index in [1.54, 1.807) is 14.2 Å². The zero-order valence-electron chi connectivity index (χ0n) is 14.5. The van der Waals surface area contributed by atoms with Crippen molar-refractivity contribution in [1.29, 1.82) is 0 Å². The van der Waals surface area contributed by atoms with Crippen LogP contribution < -0.4 is 9.47 Å². The molecule has 4 aromatic carbocycles. The Morgan fingerprint density at radius 1 is 0.577 bits per heavy atom. The normalized spacial score (nSPS) is 11.5. The van der Waals surface area contributed by atoms with E-state index in [0.717, 1.165) is 32.8 Å². The minimum atomic E-state index is 0.652. The molecule has 1 aromatic heterocycles. The summed E-state index contributed by atoms with van der Waals surface area (Å²) < 4.78 is 10.8. The summed E-state index contributed by atoms with van der Waals surface area (Å²) in [6.07, 6.45) is 0. The molecule has 0 spiro atoms. The van der Waals surface area contributed by atoms with Gasteiger partial charge in [0.1, 0.15) is 0 Å². The summed E-state index contributed by atoms with van der Waals surface area (Å²) in [4.78, 5) is 9.88. The van der Waals surface area contributed by atoms with Crippen molar-refractivity contribution in [1.82, 2.24) is 9.97 Å². The molecule has 0 saturated heterocycles. The fourth-order valence-electron chi connectivity index (χ4n) is 3.61. The number of nitrogens with zero attached hydrogens (tertiary/aromatic N) is 2. The van der Waals surface area contributed by atoms with Gasteiger partial charge in [-0.3, -0.25) is 0 Å². The fraction of sp³-hybridized carbons (Fsp3) is 0.0909. The monoisotopic (exact) mass is 340 g/mol. The van der Waals surface area contributed by atoms with E-state index < -0.39 is 0 Å². The number of hydrogen-bond acceptors (Lipinski definition) is 4. The lowest BCUT2D eigenvalue weighted by Crippen LogP contribution is -1.95. The molecule has 4 nitrogen and oxygen atoms in total. The van der Waals surface area contributed by atoms with Gasteiger partial charge in [-0.05, 0) is 10.8 Å². The highest BCUT2D eigenvalue weighted by atomic mass is 16.5. The van der Waals surface area contributed by atoms with Crippen LogP contribution in [-0.4, -0.2) is 24.2 Å². The van der Waals surface area contributed by atoms with Crippen LogP contribution in [-0.2, 0) is 0 Å². The van der Waals surface area contributed by atoms with Crippen LogP contribution >= 0.6 is 0 Å². The lowest BCUT2D eigenvalue weighted by Gasteiger charge is -2.12. The molecule has 5 aromatic rings. The molecule has 0 radical (unpaired) electrons. The first-order valence-electron chi connectivity index (χ1n) is 8.43. The van der Waals surface area contributed by atoms with Gasteiger partial charge in [-0.25, -0.2) is 9.97 Å². The average Bonchev–Trinajstić information content (AvgIpc) is 2.71. The molecule has 0 bridgehead atoms. The largest absolute Gasteiger partial charge is 0.493 e. The molecule has 0 fully saturated rings. The summed E-state index contributed by atoms with van der Waals surface area (Å²) in [7, 11) is 3.25. The molecule has 126 valence electrons. The lowest BCUT2D eigenvalue weighted by atomic mass is 9.99. The number of ether oxygens (including phenoxy) is 2. The lowest BCUT2D eigenvalue weighted by molar-refractivity contribution is 0.355. The molecule has 0 aliphatic carbocycles. The number of aromatic nitrogens is 2. The number of rotatable bonds is 2. The Hall–Kier alpha value is -3.40. The Labute approximate surface area is 150 Å². The molecule has 0 saturated carbocycles. The molecule has 1 heterocycles. The van der Waals surface area contributed by atoms with Crippen molar-refractivity contribution in [3.05, 3.63) is 60.7 Å². The first-order chi connectivity index (χ1) is 12.8. The third-order valence-corrected chi connectivity index (χ3v) is 4.82. The van der Waals surface area contributed by atoms with Crippen LogP contribution in [0, 0.1) is 0 Å². The van der Waals surface area contributed by atoms with Crippen LogP contribution in [0.5, 0.6) is 11.5 Å². The van der Waals surface area contributed by atoms with Gasteiger partial charge in [0.2, 0.25) is 0 Å². The van der Waals surface area contributed by atoms with E-state index in [1.807, 2.05) is 24.3 Å². The van der Waals surface area contributed by atoms with E-state index in [0.29, 0.717) is 11.5 Å². The fourth-order valence-corrected chi connectivity index (χ4v) is 3.61. The SMILES string of the molecule is COc1cc2nc3c4ccccc4c4ccccc4c3nc2cc1OC. The molecular formula is C22H16N2O2. The van der Waals surface area contributed by atoms with E-state index >= 15 is 0 Å². The van der Waals surface area contributed by atoms with Gasteiger partial charge >= 0.3 is 0 Å². The van der Waals surface area contributed by atoms with Crippen LogP contribution in [0.2, 0.25) is 0 Å². The van der Waals surface area contributed by atoms with Crippen molar-refractivity contribution < 1.29 is 9.47 Å². The van der Waals surface area contributed by atoms with Crippen molar-refractivity contribution in [2.45, 2.75) is 0 Å². The van der Waals surface area contributed by atoms with Crippen molar-refractivity contribution in [3.8, 4) is 11.5 Å². The zero-order chi connectivity index (χ0) is 17.7. The van der Waals surface area contributed by atoms with Gasteiger partial charge in [0, 0.05) is 22.9 Å². The van der Waals surface area contributed by atoms with Gasteiger partial charge in [0.15, 0.2) is 11.5 Å². The molecule has 0 atom stereocenters. The van der Waals surface area contributed by atoms with Crippen molar-refractivity contribution >= 4 is 43.6 Å². The van der Waals surface area contributed by atoms with E-state index in [-0.39, 0.29) is 0 Å². The number of hydrogen-bond donors (Lipinski definition) is 0. The second-order valence-electron chi connectivity index (χ2n) is 6.21. The standard InChI is InChI=1S/C22H16N2O2/c1-25-19-11-17-18(12-20(19)26-2)24-22-16-10-6-4-8-14(16)13-7-3-5-9-15(13)21(22)23-17/h3-12H,1-2H3. The summed E-state index contributed by atoms with van der Waals surface area (Å²) >= 11 is 0. The highest BCUT2D eigenvalue weighted by molar-refractivity contribution is 6.23. The molecule has 26 heavy (non-hydrogen) atoms. The van der Waals surface area contributed by atoms with E-state index in [1.165, 1.54) is 10.8 Å². The average molecular weight is 340 g/mol. The Bertz CT molecular complexity index is 1210. The van der Waals surface area contributed by atoms with Crippen LogP contribution in [0.25, 0.3) is 43.6 Å². The smallest absolute Gasteiger partial charge is 0.163 e. The highest BCUT2D eigenvalue weighted by Crippen LogP contribution is 2.36. The van der Waals surface area contributed by atoms with Gasteiger partial charge in [-0.15, -0.1) is 0 Å². The van der Waals surface area contributed by atoms with Crippen LogP contribution in [0.3, 0.4) is 0 Å². The maximum Gasteiger partial charge on any atom is 0.163 e. The third kappa shape index (κ3) is 2.02. The minimum absolute atomic E-state index is 0.652. The van der Waals surface area contributed by atoms with Gasteiger partial charge in [0.05, 0.1) is 36.3 Å². The molecule has 0 N–H and O–H groups in total. The first kappa shape index (κ1) is 14.9. The Morgan fingerprint density at radius 3 is 1.35 bits per heavy atom. The van der Waals surface area contributed by atoms with E-state index in [9.17, 15) is 0 Å². The Balaban J connectivity index is 2.03. The molecule has 5 rings (SSSR count). The quantitative estimate of drug-likeness (QED) is 0.331. The molecule has 0 aliphatic heterocycles. The Kier molecular flexibility index (Phi) is 3.19. The summed E-state index contributed by atoms with van der Waals surface area (Å²) in [5.74, 6) is 1.30. The van der Waals surface area contributed by atoms with Crippen molar-refractivity contribution in [2.24, 2.45) is 0 Å². The topological polar surface area (TPSA) is 44.2 Å². The van der Waals surface area contributed by atoms with Gasteiger partial charge in [-0.2, -0.15) is 0 Å². The van der Waals surface area contributed by atoms with Gasteiger partial charge < -0.3 is 9.47 Å². The van der Waals surface area contributed by atoms with Crippen LogP contribution in [0.4, 0.5) is 0 Å². The highest BCUT2D eigenvalue weighted by Gasteiger charge is 2.14. The third-order valence-electron chi connectivity index (χ3n) is 4.82. The Morgan fingerprint density at radius 2 is 0.962 bits per heavy atom. The molecular weight excluding hydrogens is 324 g/mol. The molecule has 0 unspecified atom stereocenters. The predicted molar refractivity (Wildman–Crippen MR) is 105 cm³/mol. The minimum Gasteiger partial charge on any atom is -0.493 e. The van der Waals surface area contributed by atoms with Crippen molar-refractivity contribution in [3.63, 3.8) is 0 Å².